The first-order chi connectivity index (χ1) is 7.72. The Bertz CT molecular complexity index is 332. The maximum atomic E-state index is 5.67. The number of hydrogen-bond acceptors (Lipinski definition) is 3. The fraction of sp³-hybridized carbons (Fsp3) is 0.636. The SMILES string of the molecule is CCCN=C(N)NCCCc1nc(C)cs1. The van der Waals surface area contributed by atoms with E-state index in [1.807, 2.05) is 6.92 Å². The molecule has 0 radical (unpaired) electrons. The fourth-order valence-corrected chi connectivity index (χ4v) is 2.08. The van der Waals surface area contributed by atoms with Crippen molar-refractivity contribution in [2.75, 3.05) is 13.1 Å². The Hall–Kier alpha value is -1.10. The minimum absolute atomic E-state index is 0.553. The number of guanidine groups is 1. The number of nitrogens with one attached hydrogen (secondary N) is 1. The molecule has 0 bridgehead atoms. The summed E-state index contributed by atoms with van der Waals surface area (Å²) in [6.07, 6.45) is 3.07. The van der Waals surface area contributed by atoms with Crippen LogP contribution in [0.25, 0.3) is 0 Å². The van der Waals surface area contributed by atoms with Gasteiger partial charge in [-0.2, -0.15) is 0 Å². The van der Waals surface area contributed by atoms with Gasteiger partial charge in [0, 0.05) is 30.6 Å². The summed E-state index contributed by atoms with van der Waals surface area (Å²) >= 11 is 1.72. The van der Waals surface area contributed by atoms with Crippen LogP contribution in [0.2, 0.25) is 0 Å². The molecule has 0 fully saturated rings. The van der Waals surface area contributed by atoms with E-state index in [0.29, 0.717) is 5.96 Å². The summed E-state index contributed by atoms with van der Waals surface area (Å²) in [5.41, 5.74) is 6.78. The first-order valence-electron chi connectivity index (χ1n) is 5.67. The van der Waals surface area contributed by atoms with E-state index in [4.69, 9.17) is 5.73 Å². The second kappa shape index (κ2) is 7.22. The first-order valence-corrected chi connectivity index (χ1v) is 6.55. The molecule has 1 heterocycles. The molecule has 0 spiro atoms. The van der Waals surface area contributed by atoms with Crippen LogP contribution in [0.5, 0.6) is 0 Å². The molecule has 3 N–H and O–H groups in total. The minimum Gasteiger partial charge on any atom is -0.370 e. The minimum atomic E-state index is 0.553. The summed E-state index contributed by atoms with van der Waals surface area (Å²) in [4.78, 5) is 8.57. The summed E-state index contributed by atoms with van der Waals surface area (Å²) in [5.74, 6) is 0.553. The van der Waals surface area contributed by atoms with Gasteiger partial charge in [-0.05, 0) is 19.8 Å². The predicted molar refractivity (Wildman–Crippen MR) is 70.0 cm³/mol. The normalized spacial score (nSPS) is 11.8. The number of aliphatic imine (C=N–C) groups is 1. The largest absolute Gasteiger partial charge is 0.370 e. The van der Waals surface area contributed by atoms with Crippen molar-refractivity contribution >= 4 is 17.3 Å². The molecule has 0 aliphatic heterocycles. The van der Waals surface area contributed by atoms with Crippen molar-refractivity contribution in [3.05, 3.63) is 16.1 Å². The van der Waals surface area contributed by atoms with E-state index in [1.54, 1.807) is 11.3 Å². The van der Waals surface area contributed by atoms with Crippen LogP contribution in [-0.4, -0.2) is 24.0 Å². The van der Waals surface area contributed by atoms with E-state index >= 15 is 0 Å². The molecule has 0 amide bonds. The van der Waals surface area contributed by atoms with Gasteiger partial charge in [-0.3, -0.25) is 4.99 Å². The molecule has 0 saturated heterocycles. The second-order valence-corrected chi connectivity index (χ2v) is 4.62. The number of nitrogens with two attached hydrogens (primary N) is 1. The van der Waals surface area contributed by atoms with Gasteiger partial charge in [0.25, 0.3) is 0 Å². The lowest BCUT2D eigenvalue weighted by molar-refractivity contribution is 0.759. The monoisotopic (exact) mass is 240 g/mol. The van der Waals surface area contributed by atoms with E-state index in [0.717, 1.165) is 38.0 Å². The quantitative estimate of drug-likeness (QED) is 0.452. The number of hydrogen-bond donors (Lipinski definition) is 2. The zero-order valence-corrected chi connectivity index (χ0v) is 10.8. The third kappa shape index (κ3) is 5.11. The molecule has 5 heteroatoms. The molecule has 90 valence electrons. The van der Waals surface area contributed by atoms with Crippen molar-refractivity contribution < 1.29 is 0 Å². The van der Waals surface area contributed by atoms with Gasteiger partial charge in [0.2, 0.25) is 0 Å². The van der Waals surface area contributed by atoms with Gasteiger partial charge in [0.05, 0.1) is 5.01 Å². The zero-order chi connectivity index (χ0) is 11.8. The van der Waals surface area contributed by atoms with Gasteiger partial charge < -0.3 is 11.1 Å². The molecule has 16 heavy (non-hydrogen) atoms. The summed E-state index contributed by atoms with van der Waals surface area (Å²) in [7, 11) is 0. The van der Waals surface area contributed by atoms with E-state index in [-0.39, 0.29) is 0 Å². The third-order valence-corrected chi connectivity index (χ3v) is 3.07. The molecule has 0 saturated carbocycles. The van der Waals surface area contributed by atoms with Crippen LogP contribution in [-0.2, 0) is 6.42 Å². The summed E-state index contributed by atoms with van der Waals surface area (Å²) in [6, 6.07) is 0. The first kappa shape index (κ1) is 13.0. The van der Waals surface area contributed by atoms with Crippen LogP contribution in [0.3, 0.4) is 0 Å². The zero-order valence-electron chi connectivity index (χ0n) is 9.99. The Balaban J connectivity index is 2.12. The van der Waals surface area contributed by atoms with Crippen molar-refractivity contribution in [2.45, 2.75) is 33.1 Å². The lowest BCUT2D eigenvalue weighted by atomic mass is 10.3. The Morgan fingerprint density at radius 1 is 1.62 bits per heavy atom. The lowest BCUT2D eigenvalue weighted by Gasteiger charge is -2.03. The lowest BCUT2D eigenvalue weighted by Crippen LogP contribution is -2.32. The average molecular weight is 240 g/mol. The van der Waals surface area contributed by atoms with Gasteiger partial charge in [-0.25, -0.2) is 4.98 Å². The molecule has 1 rings (SSSR count). The Morgan fingerprint density at radius 2 is 2.44 bits per heavy atom. The molecule has 0 unspecified atom stereocenters. The van der Waals surface area contributed by atoms with Gasteiger partial charge >= 0.3 is 0 Å². The molecule has 0 atom stereocenters. The summed E-state index contributed by atoms with van der Waals surface area (Å²) in [5, 5.41) is 6.38. The average Bonchev–Trinajstić information content (AvgIpc) is 2.67. The summed E-state index contributed by atoms with van der Waals surface area (Å²) in [6.45, 7) is 5.76. The van der Waals surface area contributed by atoms with Gasteiger partial charge in [0.1, 0.15) is 0 Å². The number of aromatic nitrogens is 1. The Morgan fingerprint density at radius 3 is 3.06 bits per heavy atom. The van der Waals surface area contributed by atoms with Crippen LogP contribution in [0.15, 0.2) is 10.4 Å². The highest BCUT2D eigenvalue weighted by molar-refractivity contribution is 7.09. The van der Waals surface area contributed by atoms with Gasteiger partial charge in [-0.15, -0.1) is 11.3 Å². The van der Waals surface area contributed by atoms with Crippen molar-refractivity contribution in [2.24, 2.45) is 10.7 Å². The van der Waals surface area contributed by atoms with Crippen LogP contribution < -0.4 is 11.1 Å². The van der Waals surface area contributed by atoms with E-state index in [2.05, 4.69) is 27.6 Å². The van der Waals surface area contributed by atoms with Crippen molar-refractivity contribution in [3.63, 3.8) is 0 Å². The predicted octanol–water partition coefficient (Wildman–Crippen LogP) is 1.70. The maximum Gasteiger partial charge on any atom is 0.188 e. The Kier molecular flexibility index (Phi) is 5.85. The number of aryl methyl sites for hydroxylation is 2. The molecular formula is C11H20N4S. The van der Waals surface area contributed by atoms with Crippen LogP contribution in [0.1, 0.15) is 30.5 Å². The van der Waals surface area contributed by atoms with Crippen molar-refractivity contribution in [3.8, 4) is 0 Å². The smallest absolute Gasteiger partial charge is 0.188 e. The van der Waals surface area contributed by atoms with Crippen LogP contribution in [0.4, 0.5) is 0 Å². The molecule has 1 aromatic heterocycles. The van der Waals surface area contributed by atoms with Crippen molar-refractivity contribution in [1.29, 1.82) is 0 Å². The topological polar surface area (TPSA) is 63.3 Å². The molecular weight excluding hydrogens is 220 g/mol. The molecule has 4 nitrogen and oxygen atoms in total. The third-order valence-electron chi connectivity index (χ3n) is 2.05. The maximum absolute atomic E-state index is 5.67. The molecule has 0 aromatic carbocycles. The van der Waals surface area contributed by atoms with E-state index in [1.165, 1.54) is 5.01 Å². The number of rotatable bonds is 6. The van der Waals surface area contributed by atoms with E-state index < -0.39 is 0 Å². The van der Waals surface area contributed by atoms with Gasteiger partial charge in [0.15, 0.2) is 5.96 Å². The highest BCUT2D eigenvalue weighted by atomic mass is 32.1. The Labute approximate surface area is 101 Å². The molecule has 0 aliphatic rings. The van der Waals surface area contributed by atoms with Gasteiger partial charge in [-0.1, -0.05) is 6.92 Å². The standard InChI is InChI=1S/C11H20N4S/c1-3-6-13-11(12)14-7-4-5-10-15-9(2)8-16-10/h8H,3-7H2,1-2H3,(H3,12,13,14). The number of nitrogens with zero attached hydrogens (tertiary/aromatic N) is 2. The van der Waals surface area contributed by atoms with E-state index in [9.17, 15) is 0 Å². The summed E-state index contributed by atoms with van der Waals surface area (Å²) < 4.78 is 0. The molecule has 1 aromatic rings. The number of thiazole rings is 1. The molecule has 0 aliphatic carbocycles. The highest BCUT2D eigenvalue weighted by Crippen LogP contribution is 2.10. The highest BCUT2D eigenvalue weighted by Gasteiger charge is 1.98. The fourth-order valence-electron chi connectivity index (χ4n) is 1.26. The van der Waals surface area contributed by atoms with Crippen LogP contribution in [0, 0.1) is 6.92 Å². The van der Waals surface area contributed by atoms with Crippen molar-refractivity contribution in [1.82, 2.24) is 10.3 Å². The van der Waals surface area contributed by atoms with Crippen LogP contribution >= 0.6 is 11.3 Å². The second-order valence-electron chi connectivity index (χ2n) is 3.68.